The fourth-order valence-corrected chi connectivity index (χ4v) is 3.58. The van der Waals surface area contributed by atoms with E-state index >= 15 is 0 Å². The Kier molecular flexibility index (Phi) is 2.76. The van der Waals surface area contributed by atoms with Gasteiger partial charge < -0.3 is 10.5 Å². The average molecular weight is 288 g/mol. The second-order valence-electron chi connectivity index (χ2n) is 4.38. The van der Waals surface area contributed by atoms with Crippen LogP contribution in [0.5, 0.6) is 0 Å². The molecule has 6 heteroatoms. The topological polar surface area (TPSA) is 74.3 Å². The number of methoxy groups -OCH3 is 1. The Morgan fingerprint density at radius 2 is 2.00 bits per heavy atom. The van der Waals surface area contributed by atoms with Gasteiger partial charge in [-0.2, -0.15) is 0 Å². The standard InChI is InChI=1S/C14H12N2O3S/c1-7(17)16-9-6-4-3-5-8(9)10-11(14(18)19-2)12(15)20-13(10)16/h3-6H,15H2,1-2H3. The van der Waals surface area contributed by atoms with Crippen LogP contribution >= 0.6 is 11.3 Å². The summed E-state index contributed by atoms with van der Waals surface area (Å²) in [6, 6.07) is 7.43. The number of thiophene rings is 1. The largest absolute Gasteiger partial charge is 0.465 e. The number of rotatable bonds is 1. The van der Waals surface area contributed by atoms with Gasteiger partial charge in [0.15, 0.2) is 0 Å². The predicted octanol–water partition coefficient (Wildman–Crippen LogP) is 2.88. The molecule has 0 atom stereocenters. The number of hydrogen-bond donors (Lipinski definition) is 1. The lowest BCUT2D eigenvalue weighted by Crippen LogP contribution is -2.03. The van der Waals surface area contributed by atoms with Crippen LogP contribution in [0, 0.1) is 0 Å². The van der Waals surface area contributed by atoms with Gasteiger partial charge in [-0.3, -0.25) is 9.36 Å². The molecular weight excluding hydrogens is 276 g/mol. The molecule has 0 aliphatic heterocycles. The number of anilines is 1. The van der Waals surface area contributed by atoms with Gasteiger partial charge in [0.05, 0.1) is 12.6 Å². The van der Waals surface area contributed by atoms with Gasteiger partial charge in [0, 0.05) is 17.7 Å². The monoisotopic (exact) mass is 288 g/mol. The fraction of sp³-hybridized carbons (Fsp3) is 0.143. The molecule has 102 valence electrons. The van der Waals surface area contributed by atoms with Crippen molar-refractivity contribution in [2.75, 3.05) is 12.8 Å². The van der Waals surface area contributed by atoms with Crippen LogP contribution in [0.15, 0.2) is 24.3 Å². The van der Waals surface area contributed by atoms with E-state index in [-0.39, 0.29) is 5.91 Å². The smallest absolute Gasteiger partial charge is 0.341 e. The third-order valence-corrected chi connectivity index (χ3v) is 4.24. The van der Waals surface area contributed by atoms with Gasteiger partial charge in [0.2, 0.25) is 5.91 Å². The molecule has 0 aliphatic rings. The lowest BCUT2D eigenvalue weighted by atomic mass is 10.1. The molecule has 0 aliphatic carbocycles. The minimum absolute atomic E-state index is 0.117. The van der Waals surface area contributed by atoms with Crippen LogP contribution in [0.1, 0.15) is 22.1 Å². The fourth-order valence-electron chi connectivity index (χ4n) is 2.45. The highest BCUT2D eigenvalue weighted by Gasteiger charge is 2.25. The summed E-state index contributed by atoms with van der Waals surface area (Å²) in [6.45, 7) is 1.49. The maximum Gasteiger partial charge on any atom is 0.341 e. The summed E-state index contributed by atoms with van der Waals surface area (Å²) >= 11 is 1.22. The van der Waals surface area contributed by atoms with Gasteiger partial charge in [-0.25, -0.2) is 4.79 Å². The number of benzene rings is 1. The van der Waals surface area contributed by atoms with E-state index in [2.05, 4.69) is 0 Å². The summed E-state index contributed by atoms with van der Waals surface area (Å²) < 4.78 is 6.38. The molecule has 0 radical (unpaired) electrons. The molecule has 0 amide bonds. The number of nitrogen functional groups attached to an aromatic ring is 1. The number of carbonyl (C=O) groups excluding carboxylic acids is 2. The number of aromatic nitrogens is 1. The van der Waals surface area contributed by atoms with Crippen LogP contribution in [0.2, 0.25) is 0 Å². The quantitative estimate of drug-likeness (QED) is 0.699. The Hall–Kier alpha value is -2.34. The third kappa shape index (κ3) is 1.55. The molecule has 2 aromatic heterocycles. The van der Waals surface area contributed by atoms with E-state index in [4.69, 9.17) is 10.5 Å². The minimum atomic E-state index is -0.486. The molecule has 20 heavy (non-hydrogen) atoms. The first-order valence-electron chi connectivity index (χ1n) is 5.97. The van der Waals surface area contributed by atoms with E-state index in [1.54, 1.807) is 4.57 Å². The van der Waals surface area contributed by atoms with Crippen LogP contribution in [-0.2, 0) is 4.74 Å². The highest BCUT2D eigenvalue weighted by Crippen LogP contribution is 2.40. The lowest BCUT2D eigenvalue weighted by molar-refractivity contribution is 0.0604. The molecule has 3 aromatic rings. The first-order chi connectivity index (χ1) is 9.56. The summed E-state index contributed by atoms with van der Waals surface area (Å²) in [7, 11) is 1.31. The molecule has 0 unspecified atom stereocenters. The molecule has 0 bridgehead atoms. The number of nitrogens with two attached hydrogens (primary N) is 1. The average Bonchev–Trinajstić information content (AvgIpc) is 2.90. The third-order valence-electron chi connectivity index (χ3n) is 3.24. The van der Waals surface area contributed by atoms with Crippen molar-refractivity contribution in [1.29, 1.82) is 0 Å². The second kappa shape index (κ2) is 4.35. The number of esters is 1. The molecule has 3 rings (SSSR count). The molecule has 1 aromatic carbocycles. The van der Waals surface area contributed by atoms with Crippen molar-refractivity contribution in [3.05, 3.63) is 29.8 Å². The lowest BCUT2D eigenvalue weighted by Gasteiger charge is -2.00. The zero-order chi connectivity index (χ0) is 14.4. The molecule has 0 saturated heterocycles. The van der Waals surface area contributed by atoms with Gasteiger partial charge in [0.1, 0.15) is 15.4 Å². The minimum Gasteiger partial charge on any atom is -0.465 e. The zero-order valence-corrected chi connectivity index (χ0v) is 11.8. The van der Waals surface area contributed by atoms with Crippen molar-refractivity contribution in [3.63, 3.8) is 0 Å². The van der Waals surface area contributed by atoms with Gasteiger partial charge in [-0.15, -0.1) is 0 Å². The van der Waals surface area contributed by atoms with Crippen molar-refractivity contribution in [2.45, 2.75) is 6.92 Å². The van der Waals surface area contributed by atoms with E-state index in [0.717, 1.165) is 10.9 Å². The molecule has 0 fully saturated rings. The van der Waals surface area contributed by atoms with E-state index in [9.17, 15) is 9.59 Å². The van der Waals surface area contributed by atoms with Crippen molar-refractivity contribution in [2.24, 2.45) is 0 Å². The summed E-state index contributed by atoms with van der Waals surface area (Å²) in [4.78, 5) is 24.5. The highest BCUT2D eigenvalue weighted by molar-refractivity contribution is 7.23. The molecule has 5 nitrogen and oxygen atoms in total. The Labute approximate surface area is 118 Å². The van der Waals surface area contributed by atoms with Gasteiger partial charge in [-0.05, 0) is 6.07 Å². The first kappa shape index (κ1) is 12.7. The number of ether oxygens (including phenoxy) is 1. The van der Waals surface area contributed by atoms with E-state index < -0.39 is 5.97 Å². The Morgan fingerprint density at radius 1 is 1.30 bits per heavy atom. The first-order valence-corrected chi connectivity index (χ1v) is 6.78. The Morgan fingerprint density at radius 3 is 2.65 bits per heavy atom. The van der Waals surface area contributed by atoms with Gasteiger partial charge >= 0.3 is 5.97 Å². The molecule has 2 N–H and O–H groups in total. The van der Waals surface area contributed by atoms with Crippen LogP contribution in [0.25, 0.3) is 21.1 Å². The van der Waals surface area contributed by atoms with E-state index in [1.807, 2.05) is 24.3 Å². The number of para-hydroxylation sites is 1. The van der Waals surface area contributed by atoms with Crippen molar-refractivity contribution < 1.29 is 14.3 Å². The van der Waals surface area contributed by atoms with Crippen molar-refractivity contribution >= 4 is 49.3 Å². The maximum atomic E-state index is 11.9. The predicted molar refractivity (Wildman–Crippen MR) is 79.4 cm³/mol. The van der Waals surface area contributed by atoms with Gasteiger partial charge in [-0.1, -0.05) is 29.5 Å². The molecule has 2 heterocycles. The SMILES string of the molecule is COC(=O)c1c(N)sc2c1c1ccccc1n2C(C)=O. The summed E-state index contributed by atoms with van der Waals surface area (Å²) in [6.07, 6.45) is 0. The van der Waals surface area contributed by atoms with Crippen LogP contribution in [-0.4, -0.2) is 23.6 Å². The van der Waals surface area contributed by atoms with Crippen LogP contribution in [0.3, 0.4) is 0 Å². The molecular formula is C14H12N2O3S. The number of carbonyl (C=O) groups is 2. The summed E-state index contributed by atoms with van der Waals surface area (Å²) in [5.41, 5.74) is 7.03. The molecule has 0 spiro atoms. The van der Waals surface area contributed by atoms with E-state index in [1.165, 1.54) is 25.4 Å². The van der Waals surface area contributed by atoms with Crippen LogP contribution in [0.4, 0.5) is 5.00 Å². The highest BCUT2D eigenvalue weighted by atomic mass is 32.1. The van der Waals surface area contributed by atoms with Crippen molar-refractivity contribution in [1.82, 2.24) is 4.57 Å². The number of nitrogens with zero attached hydrogens (tertiary/aromatic N) is 1. The maximum absolute atomic E-state index is 11.9. The molecule has 0 saturated carbocycles. The zero-order valence-electron chi connectivity index (χ0n) is 11.0. The normalized spacial score (nSPS) is 11.1. The van der Waals surface area contributed by atoms with Gasteiger partial charge in [0.25, 0.3) is 0 Å². The summed E-state index contributed by atoms with van der Waals surface area (Å²) in [5.74, 6) is -0.603. The number of hydrogen-bond acceptors (Lipinski definition) is 5. The van der Waals surface area contributed by atoms with Crippen LogP contribution < -0.4 is 5.73 Å². The van der Waals surface area contributed by atoms with E-state index in [0.29, 0.717) is 20.8 Å². The van der Waals surface area contributed by atoms with Crippen molar-refractivity contribution in [3.8, 4) is 0 Å². The Balaban J connectivity index is 2.56. The second-order valence-corrected chi connectivity index (χ2v) is 5.42. The number of fused-ring (bicyclic) bond motifs is 3. The Bertz CT molecular complexity index is 860. The summed E-state index contributed by atoms with van der Waals surface area (Å²) in [5, 5.41) is 1.87.